The van der Waals surface area contributed by atoms with E-state index < -0.39 is 5.82 Å². The van der Waals surface area contributed by atoms with Gasteiger partial charge < -0.3 is 5.73 Å². The lowest BCUT2D eigenvalue weighted by atomic mass is 10.0. The third kappa shape index (κ3) is 2.86. The molecule has 2 rings (SSSR count). The fourth-order valence-corrected chi connectivity index (χ4v) is 1.95. The van der Waals surface area contributed by atoms with E-state index in [0.717, 1.165) is 11.3 Å². The first kappa shape index (κ1) is 13.0. The van der Waals surface area contributed by atoms with Gasteiger partial charge in [-0.2, -0.15) is 0 Å². The van der Waals surface area contributed by atoms with E-state index in [-0.39, 0.29) is 11.1 Å². The van der Waals surface area contributed by atoms with Crippen LogP contribution in [0.5, 0.6) is 0 Å². The monoisotopic (exact) mass is 264 g/mol. The highest BCUT2D eigenvalue weighted by Gasteiger charge is 2.12. The van der Waals surface area contributed by atoms with Crippen LogP contribution in [0.1, 0.15) is 22.9 Å². The van der Waals surface area contributed by atoms with Gasteiger partial charge in [-0.25, -0.2) is 4.39 Å². The van der Waals surface area contributed by atoms with Crippen molar-refractivity contribution < 1.29 is 4.39 Å². The molecule has 4 heteroatoms. The molecule has 0 amide bonds. The first-order valence-corrected chi connectivity index (χ1v) is 6.06. The highest BCUT2D eigenvalue weighted by molar-refractivity contribution is 6.30. The Morgan fingerprint density at radius 1 is 1.33 bits per heavy atom. The van der Waals surface area contributed by atoms with Crippen LogP contribution in [0.15, 0.2) is 36.5 Å². The Morgan fingerprint density at radius 2 is 2.11 bits per heavy atom. The lowest BCUT2D eigenvalue weighted by molar-refractivity contribution is 0.593. The van der Waals surface area contributed by atoms with Gasteiger partial charge in [0.1, 0.15) is 5.82 Å². The quantitative estimate of drug-likeness (QED) is 0.923. The number of aryl methyl sites for hydroxylation is 1. The summed E-state index contributed by atoms with van der Waals surface area (Å²) in [6.07, 6.45) is 2.12. The number of nitrogens with zero attached hydrogens (tertiary/aromatic N) is 1. The molecule has 2 nitrogen and oxygen atoms in total. The Kier molecular flexibility index (Phi) is 3.94. The first-order valence-electron chi connectivity index (χ1n) is 5.69. The summed E-state index contributed by atoms with van der Waals surface area (Å²) in [7, 11) is 0. The minimum atomic E-state index is -0.394. The maximum atomic E-state index is 13.7. The molecular weight excluding hydrogens is 251 g/mol. The van der Waals surface area contributed by atoms with Crippen LogP contribution in [-0.2, 0) is 6.42 Å². The molecule has 0 radical (unpaired) electrons. The van der Waals surface area contributed by atoms with Gasteiger partial charge in [0.05, 0.1) is 5.02 Å². The molecule has 0 fully saturated rings. The molecule has 1 unspecified atom stereocenters. The average molecular weight is 265 g/mol. The van der Waals surface area contributed by atoms with Crippen molar-refractivity contribution in [3.63, 3.8) is 0 Å². The third-order valence-electron chi connectivity index (χ3n) is 2.83. The zero-order valence-electron chi connectivity index (χ0n) is 10.0. The number of rotatable bonds is 3. The zero-order valence-corrected chi connectivity index (χ0v) is 10.8. The lowest BCUT2D eigenvalue weighted by Gasteiger charge is -2.13. The molecule has 2 aromatic rings. The summed E-state index contributed by atoms with van der Waals surface area (Å²) in [4.78, 5) is 4.18. The number of halogens is 2. The van der Waals surface area contributed by atoms with Crippen molar-refractivity contribution in [2.45, 2.75) is 19.4 Å². The molecule has 2 N–H and O–H groups in total. The number of pyridine rings is 1. The molecule has 0 saturated heterocycles. The van der Waals surface area contributed by atoms with Crippen molar-refractivity contribution in [1.29, 1.82) is 0 Å². The Morgan fingerprint density at radius 3 is 2.78 bits per heavy atom. The van der Waals surface area contributed by atoms with Crippen molar-refractivity contribution >= 4 is 11.6 Å². The molecule has 18 heavy (non-hydrogen) atoms. The van der Waals surface area contributed by atoms with Crippen molar-refractivity contribution in [3.8, 4) is 0 Å². The van der Waals surface area contributed by atoms with Gasteiger partial charge in [-0.15, -0.1) is 0 Å². The van der Waals surface area contributed by atoms with Crippen molar-refractivity contribution in [1.82, 2.24) is 4.98 Å². The van der Waals surface area contributed by atoms with E-state index in [1.54, 1.807) is 18.3 Å². The second-order valence-corrected chi connectivity index (χ2v) is 4.66. The molecule has 0 bridgehead atoms. The normalized spacial score (nSPS) is 12.4. The Labute approximate surface area is 111 Å². The van der Waals surface area contributed by atoms with Gasteiger partial charge in [-0.05, 0) is 36.6 Å². The first-order chi connectivity index (χ1) is 8.58. The van der Waals surface area contributed by atoms with Gasteiger partial charge in [0.25, 0.3) is 0 Å². The minimum Gasteiger partial charge on any atom is -0.324 e. The molecule has 0 spiro atoms. The second kappa shape index (κ2) is 5.46. The van der Waals surface area contributed by atoms with Gasteiger partial charge in [-0.1, -0.05) is 29.8 Å². The van der Waals surface area contributed by atoms with Crippen LogP contribution in [-0.4, -0.2) is 4.98 Å². The molecule has 1 heterocycles. The van der Waals surface area contributed by atoms with E-state index in [1.165, 1.54) is 6.07 Å². The molecule has 0 aliphatic heterocycles. The average Bonchev–Trinajstić information content (AvgIpc) is 2.36. The maximum absolute atomic E-state index is 13.7. The van der Waals surface area contributed by atoms with E-state index in [4.69, 9.17) is 17.3 Å². The standard InChI is InChI=1S/C14H14ClFN2/c1-9-5-6-11(8-18-9)13(17)7-10-3-2-4-12(15)14(10)16/h2-6,8,13H,7,17H2,1H3. The number of hydrogen-bond acceptors (Lipinski definition) is 2. The summed E-state index contributed by atoms with van der Waals surface area (Å²) in [6, 6.07) is 8.47. The van der Waals surface area contributed by atoms with E-state index in [1.807, 2.05) is 19.1 Å². The second-order valence-electron chi connectivity index (χ2n) is 4.26. The predicted molar refractivity (Wildman–Crippen MR) is 71.0 cm³/mol. The zero-order chi connectivity index (χ0) is 13.1. The molecule has 1 atom stereocenters. The van der Waals surface area contributed by atoms with Crippen LogP contribution < -0.4 is 5.73 Å². The van der Waals surface area contributed by atoms with Crippen LogP contribution in [0.3, 0.4) is 0 Å². The smallest absolute Gasteiger partial charge is 0.145 e. The third-order valence-corrected chi connectivity index (χ3v) is 3.13. The van der Waals surface area contributed by atoms with Gasteiger partial charge >= 0.3 is 0 Å². The minimum absolute atomic E-state index is 0.127. The van der Waals surface area contributed by atoms with Gasteiger partial charge in [0, 0.05) is 17.9 Å². The molecule has 94 valence electrons. The SMILES string of the molecule is Cc1ccc(C(N)Cc2cccc(Cl)c2F)cn1. The summed E-state index contributed by atoms with van der Waals surface area (Å²) in [5, 5.41) is 0.127. The summed E-state index contributed by atoms with van der Waals surface area (Å²) in [5.74, 6) is -0.394. The van der Waals surface area contributed by atoms with Gasteiger partial charge in [0.15, 0.2) is 0 Å². The summed E-state index contributed by atoms with van der Waals surface area (Å²) in [5.41, 5.74) is 8.39. The number of aromatic nitrogens is 1. The van der Waals surface area contributed by atoms with Crippen molar-refractivity contribution in [2.75, 3.05) is 0 Å². The highest BCUT2D eigenvalue weighted by atomic mass is 35.5. The molecule has 1 aromatic carbocycles. The Balaban J connectivity index is 2.18. The van der Waals surface area contributed by atoms with Crippen LogP contribution in [0.25, 0.3) is 0 Å². The predicted octanol–water partition coefficient (Wildman–Crippen LogP) is 3.43. The largest absolute Gasteiger partial charge is 0.324 e. The summed E-state index contributed by atoms with van der Waals surface area (Å²) >= 11 is 5.74. The Hall–Kier alpha value is -1.45. The molecule has 1 aromatic heterocycles. The van der Waals surface area contributed by atoms with E-state index in [9.17, 15) is 4.39 Å². The van der Waals surface area contributed by atoms with Crippen molar-refractivity contribution in [2.24, 2.45) is 5.73 Å². The molecule has 0 aliphatic carbocycles. The van der Waals surface area contributed by atoms with E-state index in [2.05, 4.69) is 4.98 Å². The molecular formula is C14H14ClFN2. The maximum Gasteiger partial charge on any atom is 0.145 e. The van der Waals surface area contributed by atoms with Gasteiger partial charge in [-0.3, -0.25) is 4.98 Å². The van der Waals surface area contributed by atoms with Gasteiger partial charge in [0.2, 0.25) is 0 Å². The summed E-state index contributed by atoms with van der Waals surface area (Å²) < 4.78 is 13.7. The van der Waals surface area contributed by atoms with Crippen LogP contribution in [0.2, 0.25) is 5.02 Å². The summed E-state index contributed by atoms with van der Waals surface area (Å²) in [6.45, 7) is 1.91. The van der Waals surface area contributed by atoms with Crippen LogP contribution in [0, 0.1) is 12.7 Å². The lowest BCUT2D eigenvalue weighted by Crippen LogP contribution is -2.14. The fourth-order valence-electron chi connectivity index (χ4n) is 1.76. The van der Waals surface area contributed by atoms with E-state index in [0.29, 0.717) is 12.0 Å². The van der Waals surface area contributed by atoms with Crippen LogP contribution in [0.4, 0.5) is 4.39 Å². The molecule has 0 aliphatic rings. The topological polar surface area (TPSA) is 38.9 Å². The highest BCUT2D eigenvalue weighted by Crippen LogP contribution is 2.22. The Bertz CT molecular complexity index is 540. The number of nitrogens with two attached hydrogens (primary N) is 1. The van der Waals surface area contributed by atoms with Crippen molar-refractivity contribution in [3.05, 3.63) is 64.2 Å². The van der Waals surface area contributed by atoms with Crippen LogP contribution >= 0.6 is 11.6 Å². The fraction of sp³-hybridized carbons (Fsp3) is 0.214. The number of benzene rings is 1. The number of hydrogen-bond donors (Lipinski definition) is 1. The van der Waals surface area contributed by atoms with E-state index >= 15 is 0 Å². The molecule has 0 saturated carbocycles.